The van der Waals surface area contributed by atoms with Gasteiger partial charge in [0, 0.05) is 26.7 Å². The number of amides is 1. The van der Waals surface area contributed by atoms with Crippen molar-refractivity contribution in [1.29, 1.82) is 0 Å². The number of hydrogen-bond acceptors (Lipinski definition) is 4. The first kappa shape index (κ1) is 13.9. The summed E-state index contributed by atoms with van der Waals surface area (Å²) in [4.78, 5) is 24.4. The number of aliphatic carboxylic acids is 1. The highest BCUT2D eigenvalue weighted by Gasteiger charge is 2.41. The van der Waals surface area contributed by atoms with E-state index in [9.17, 15) is 9.59 Å². The summed E-state index contributed by atoms with van der Waals surface area (Å²) in [7, 11) is 1.52. The van der Waals surface area contributed by atoms with E-state index in [0.717, 1.165) is 0 Å². The number of ether oxygens (including phenoxy) is 2. The van der Waals surface area contributed by atoms with Gasteiger partial charge in [0.2, 0.25) is 0 Å². The Balaban J connectivity index is 2.72. The second-order valence-electron chi connectivity index (χ2n) is 4.04. The number of nitrogens with zero attached hydrogens (tertiary/aromatic N) is 1. The van der Waals surface area contributed by atoms with Crippen LogP contribution in [0.25, 0.3) is 0 Å². The van der Waals surface area contributed by atoms with Crippen molar-refractivity contribution in [1.82, 2.24) is 4.90 Å². The van der Waals surface area contributed by atoms with Crippen molar-refractivity contribution in [2.75, 3.05) is 20.3 Å². The molecule has 1 rings (SSSR count). The Bertz CT molecular complexity index is 294. The van der Waals surface area contributed by atoms with Crippen LogP contribution < -0.4 is 0 Å². The fraction of sp³-hybridized carbons (Fsp3) is 0.818. The number of methoxy groups -OCH3 is 1. The highest BCUT2D eigenvalue weighted by atomic mass is 16.5. The normalized spacial score (nSPS) is 25.9. The molecule has 0 aromatic heterocycles. The van der Waals surface area contributed by atoms with Gasteiger partial charge in [0.25, 0.3) is 5.91 Å². The molecule has 1 N–H and O–H groups in total. The maximum Gasteiger partial charge on any atom is 0.326 e. The number of hydrogen-bond donors (Lipinski definition) is 1. The Labute approximate surface area is 100 Å². The van der Waals surface area contributed by atoms with E-state index < -0.39 is 18.1 Å². The van der Waals surface area contributed by atoms with Gasteiger partial charge >= 0.3 is 5.97 Å². The molecule has 0 radical (unpaired) electrons. The predicted molar refractivity (Wildman–Crippen MR) is 59.6 cm³/mol. The van der Waals surface area contributed by atoms with Gasteiger partial charge < -0.3 is 19.5 Å². The summed E-state index contributed by atoms with van der Waals surface area (Å²) in [6, 6.07) is -0.810. The second-order valence-corrected chi connectivity index (χ2v) is 4.04. The molecule has 0 saturated carbocycles. The zero-order valence-corrected chi connectivity index (χ0v) is 10.4. The topological polar surface area (TPSA) is 76.1 Å². The van der Waals surface area contributed by atoms with Crippen molar-refractivity contribution in [3.8, 4) is 0 Å². The first-order valence-electron chi connectivity index (χ1n) is 5.68. The zero-order chi connectivity index (χ0) is 13.0. The molecule has 6 heteroatoms. The molecule has 3 atom stereocenters. The van der Waals surface area contributed by atoms with Gasteiger partial charge in [-0.15, -0.1) is 0 Å². The van der Waals surface area contributed by atoms with Crippen LogP contribution in [0.1, 0.15) is 20.3 Å². The van der Waals surface area contributed by atoms with Crippen molar-refractivity contribution in [3.05, 3.63) is 0 Å². The highest BCUT2D eigenvalue weighted by molar-refractivity contribution is 5.86. The van der Waals surface area contributed by atoms with Gasteiger partial charge in [-0.3, -0.25) is 4.79 Å². The fourth-order valence-corrected chi connectivity index (χ4v) is 2.00. The second kappa shape index (κ2) is 5.97. The average molecular weight is 245 g/mol. The predicted octanol–water partition coefficient (Wildman–Crippen LogP) is 0.112. The Kier molecular flexibility index (Phi) is 4.89. The summed E-state index contributed by atoms with van der Waals surface area (Å²) in [5, 5.41) is 9.07. The van der Waals surface area contributed by atoms with E-state index in [0.29, 0.717) is 19.6 Å². The van der Waals surface area contributed by atoms with Crippen molar-refractivity contribution in [2.45, 2.75) is 38.5 Å². The Hall–Kier alpha value is -1.14. The number of carboxylic acids is 1. The molecule has 1 aliphatic heterocycles. The van der Waals surface area contributed by atoms with Crippen LogP contribution in [0.3, 0.4) is 0 Å². The van der Waals surface area contributed by atoms with E-state index in [1.54, 1.807) is 13.8 Å². The van der Waals surface area contributed by atoms with Crippen molar-refractivity contribution < 1.29 is 24.2 Å². The molecule has 0 aromatic rings. The van der Waals surface area contributed by atoms with Gasteiger partial charge in [-0.1, -0.05) is 0 Å². The Morgan fingerprint density at radius 3 is 2.65 bits per heavy atom. The molecule has 1 amide bonds. The third-order valence-electron chi connectivity index (χ3n) is 2.93. The molecular weight excluding hydrogens is 226 g/mol. The summed E-state index contributed by atoms with van der Waals surface area (Å²) >= 11 is 0. The lowest BCUT2D eigenvalue weighted by molar-refractivity contribution is -0.153. The van der Waals surface area contributed by atoms with Gasteiger partial charge in [-0.05, 0) is 13.8 Å². The van der Waals surface area contributed by atoms with E-state index in [2.05, 4.69) is 0 Å². The van der Waals surface area contributed by atoms with Crippen LogP contribution in [0.15, 0.2) is 0 Å². The smallest absolute Gasteiger partial charge is 0.326 e. The van der Waals surface area contributed by atoms with Gasteiger partial charge in [0.1, 0.15) is 12.1 Å². The maximum atomic E-state index is 12.0. The van der Waals surface area contributed by atoms with E-state index in [1.807, 2.05) is 0 Å². The van der Waals surface area contributed by atoms with Crippen molar-refractivity contribution in [2.24, 2.45) is 0 Å². The summed E-state index contributed by atoms with van der Waals surface area (Å²) in [6.45, 7) is 4.15. The Morgan fingerprint density at radius 2 is 2.18 bits per heavy atom. The molecule has 3 unspecified atom stereocenters. The molecule has 0 bridgehead atoms. The summed E-state index contributed by atoms with van der Waals surface area (Å²) in [6.07, 6.45) is -0.498. The summed E-state index contributed by atoms with van der Waals surface area (Å²) in [5.41, 5.74) is 0. The minimum atomic E-state index is -0.999. The van der Waals surface area contributed by atoms with Crippen LogP contribution in [0.5, 0.6) is 0 Å². The van der Waals surface area contributed by atoms with E-state index in [1.165, 1.54) is 12.0 Å². The molecule has 0 spiro atoms. The van der Waals surface area contributed by atoms with E-state index >= 15 is 0 Å². The van der Waals surface area contributed by atoms with Gasteiger partial charge in [-0.2, -0.15) is 0 Å². The van der Waals surface area contributed by atoms with Crippen molar-refractivity contribution in [3.63, 3.8) is 0 Å². The highest BCUT2D eigenvalue weighted by Crippen LogP contribution is 2.21. The standard InChI is InChI=1S/C11H19NO5/c1-4-17-7(2)10(13)12-6-8(16-3)5-9(12)11(14)15/h7-9H,4-6H2,1-3H3,(H,14,15). The third-order valence-corrected chi connectivity index (χ3v) is 2.93. The molecule has 1 fully saturated rings. The molecular formula is C11H19NO5. The third kappa shape index (κ3) is 3.17. The number of carbonyl (C=O) groups excluding carboxylic acids is 1. The number of likely N-dealkylation sites (tertiary alicyclic amines) is 1. The molecule has 0 aromatic carbocycles. The summed E-state index contributed by atoms with van der Waals surface area (Å²) in [5.74, 6) is -1.29. The van der Waals surface area contributed by atoms with Crippen LogP contribution in [0.4, 0.5) is 0 Å². The molecule has 6 nitrogen and oxygen atoms in total. The number of carboxylic acid groups (broad SMARTS) is 1. The van der Waals surface area contributed by atoms with Crippen LogP contribution in [0, 0.1) is 0 Å². The molecule has 1 heterocycles. The van der Waals surface area contributed by atoms with E-state index in [4.69, 9.17) is 14.6 Å². The first-order valence-corrected chi connectivity index (χ1v) is 5.68. The minimum absolute atomic E-state index is 0.214. The number of carbonyl (C=O) groups is 2. The lowest BCUT2D eigenvalue weighted by Gasteiger charge is -2.24. The van der Waals surface area contributed by atoms with Gasteiger partial charge in [0.15, 0.2) is 0 Å². The molecule has 1 aliphatic rings. The molecule has 0 aliphatic carbocycles. The largest absolute Gasteiger partial charge is 0.480 e. The lowest BCUT2D eigenvalue weighted by Crippen LogP contribution is -2.45. The van der Waals surface area contributed by atoms with Gasteiger partial charge in [0.05, 0.1) is 6.10 Å². The fourth-order valence-electron chi connectivity index (χ4n) is 2.00. The molecule has 1 saturated heterocycles. The van der Waals surface area contributed by atoms with Gasteiger partial charge in [-0.25, -0.2) is 4.79 Å². The van der Waals surface area contributed by atoms with E-state index in [-0.39, 0.29) is 12.0 Å². The lowest BCUT2D eigenvalue weighted by atomic mass is 10.2. The monoisotopic (exact) mass is 245 g/mol. The SMILES string of the molecule is CCOC(C)C(=O)N1CC(OC)CC1C(=O)O. The molecule has 98 valence electrons. The van der Waals surface area contributed by atoms with Crippen LogP contribution in [-0.4, -0.2) is 60.4 Å². The number of rotatable bonds is 5. The quantitative estimate of drug-likeness (QED) is 0.744. The van der Waals surface area contributed by atoms with Crippen LogP contribution in [0.2, 0.25) is 0 Å². The van der Waals surface area contributed by atoms with Crippen LogP contribution in [-0.2, 0) is 19.1 Å². The zero-order valence-electron chi connectivity index (χ0n) is 10.4. The summed E-state index contributed by atoms with van der Waals surface area (Å²) < 4.78 is 10.3. The van der Waals surface area contributed by atoms with Crippen LogP contribution >= 0.6 is 0 Å². The molecule has 17 heavy (non-hydrogen) atoms. The average Bonchev–Trinajstić information content (AvgIpc) is 2.72. The first-order chi connectivity index (χ1) is 8.01. The Morgan fingerprint density at radius 1 is 1.53 bits per heavy atom. The van der Waals surface area contributed by atoms with Crippen molar-refractivity contribution >= 4 is 11.9 Å². The minimum Gasteiger partial charge on any atom is -0.480 e. The maximum absolute atomic E-state index is 12.0.